The summed E-state index contributed by atoms with van der Waals surface area (Å²) in [5.74, 6) is -0.347. The van der Waals surface area contributed by atoms with Gasteiger partial charge in [-0.25, -0.2) is 9.49 Å². The summed E-state index contributed by atoms with van der Waals surface area (Å²) in [6.45, 7) is 1.73. The standard InChI is InChI=1S/C11H9FN2O/c1-7-6-10(15)13-14-11(7)8-4-2-3-5-9(8)12/h2-6H,1H3,(H,13,15). The van der Waals surface area contributed by atoms with Gasteiger partial charge in [-0.15, -0.1) is 0 Å². The van der Waals surface area contributed by atoms with E-state index in [0.717, 1.165) is 0 Å². The molecule has 0 radical (unpaired) electrons. The molecule has 0 saturated heterocycles. The fraction of sp³-hybridized carbons (Fsp3) is 0.0909. The molecule has 0 aliphatic carbocycles. The minimum absolute atomic E-state index is 0.285. The third-order valence-electron chi connectivity index (χ3n) is 2.13. The molecule has 0 aliphatic rings. The molecule has 0 fully saturated rings. The van der Waals surface area contributed by atoms with Crippen LogP contribution in [0, 0.1) is 12.7 Å². The summed E-state index contributed by atoms with van der Waals surface area (Å²) in [5.41, 5.74) is 1.23. The van der Waals surface area contributed by atoms with Gasteiger partial charge in [0.25, 0.3) is 5.56 Å². The first-order valence-electron chi connectivity index (χ1n) is 4.50. The fourth-order valence-electron chi connectivity index (χ4n) is 1.42. The van der Waals surface area contributed by atoms with Gasteiger partial charge in [-0.3, -0.25) is 4.79 Å². The van der Waals surface area contributed by atoms with Crippen LogP contribution in [0.1, 0.15) is 5.56 Å². The van der Waals surface area contributed by atoms with Crippen LogP contribution < -0.4 is 5.56 Å². The van der Waals surface area contributed by atoms with Gasteiger partial charge in [0, 0.05) is 11.6 Å². The number of rotatable bonds is 1. The van der Waals surface area contributed by atoms with Gasteiger partial charge in [-0.05, 0) is 24.6 Å². The summed E-state index contributed by atoms with van der Waals surface area (Å²) in [4.78, 5) is 10.9. The van der Waals surface area contributed by atoms with Gasteiger partial charge >= 0.3 is 0 Å². The lowest BCUT2D eigenvalue weighted by Crippen LogP contribution is -2.08. The minimum Gasteiger partial charge on any atom is -0.268 e. The van der Waals surface area contributed by atoms with Gasteiger partial charge in [0.05, 0.1) is 5.69 Å². The molecule has 0 atom stereocenters. The Morgan fingerprint density at radius 2 is 2.07 bits per heavy atom. The Bertz CT molecular complexity index is 548. The summed E-state index contributed by atoms with van der Waals surface area (Å²) >= 11 is 0. The molecule has 1 N–H and O–H groups in total. The average molecular weight is 204 g/mol. The number of aromatic amines is 1. The molecule has 76 valence electrons. The normalized spacial score (nSPS) is 10.3. The molecule has 2 aromatic rings. The van der Waals surface area contributed by atoms with Crippen molar-refractivity contribution in [3.8, 4) is 11.3 Å². The number of nitrogens with zero attached hydrogens (tertiary/aromatic N) is 1. The number of hydrogen-bond acceptors (Lipinski definition) is 2. The van der Waals surface area contributed by atoms with E-state index < -0.39 is 0 Å². The zero-order valence-corrected chi connectivity index (χ0v) is 8.12. The van der Waals surface area contributed by atoms with Crippen molar-refractivity contribution < 1.29 is 4.39 Å². The smallest absolute Gasteiger partial charge is 0.264 e. The van der Waals surface area contributed by atoms with Gasteiger partial charge in [0.1, 0.15) is 5.82 Å². The zero-order valence-electron chi connectivity index (χ0n) is 8.12. The molecule has 0 aliphatic heterocycles. The first kappa shape index (κ1) is 9.58. The molecular formula is C11H9FN2O. The van der Waals surface area contributed by atoms with E-state index in [2.05, 4.69) is 10.2 Å². The summed E-state index contributed by atoms with van der Waals surface area (Å²) in [6, 6.07) is 7.73. The van der Waals surface area contributed by atoms with E-state index >= 15 is 0 Å². The van der Waals surface area contributed by atoms with Gasteiger partial charge in [-0.1, -0.05) is 12.1 Å². The summed E-state index contributed by atoms with van der Waals surface area (Å²) in [5, 5.41) is 6.13. The van der Waals surface area contributed by atoms with E-state index in [0.29, 0.717) is 16.8 Å². The lowest BCUT2D eigenvalue weighted by molar-refractivity contribution is 0.630. The predicted octanol–water partition coefficient (Wildman–Crippen LogP) is 1.88. The summed E-state index contributed by atoms with van der Waals surface area (Å²) < 4.78 is 13.4. The highest BCUT2D eigenvalue weighted by atomic mass is 19.1. The van der Waals surface area contributed by atoms with Crippen LogP contribution in [0.25, 0.3) is 11.3 Å². The molecule has 2 rings (SSSR count). The number of nitrogens with one attached hydrogen (secondary N) is 1. The van der Waals surface area contributed by atoms with Crippen LogP contribution >= 0.6 is 0 Å². The summed E-state index contributed by atoms with van der Waals surface area (Å²) in [7, 11) is 0. The van der Waals surface area contributed by atoms with Crippen molar-refractivity contribution in [3.05, 3.63) is 52.1 Å². The number of aryl methyl sites for hydroxylation is 1. The van der Waals surface area contributed by atoms with Crippen LogP contribution in [0.2, 0.25) is 0 Å². The Morgan fingerprint density at radius 3 is 2.73 bits per heavy atom. The first-order chi connectivity index (χ1) is 7.18. The predicted molar refractivity (Wildman–Crippen MR) is 55.0 cm³/mol. The first-order valence-corrected chi connectivity index (χ1v) is 4.50. The van der Waals surface area contributed by atoms with Crippen molar-refractivity contribution >= 4 is 0 Å². The highest BCUT2D eigenvalue weighted by Crippen LogP contribution is 2.21. The van der Waals surface area contributed by atoms with Gasteiger partial charge < -0.3 is 0 Å². The van der Waals surface area contributed by atoms with E-state index in [-0.39, 0.29) is 11.4 Å². The molecule has 0 saturated carbocycles. The van der Waals surface area contributed by atoms with Crippen LogP contribution in [0.4, 0.5) is 4.39 Å². The Hall–Kier alpha value is -1.97. The molecule has 3 nitrogen and oxygen atoms in total. The largest absolute Gasteiger partial charge is 0.268 e. The van der Waals surface area contributed by atoms with Gasteiger partial charge in [0.15, 0.2) is 0 Å². The highest BCUT2D eigenvalue weighted by Gasteiger charge is 2.08. The Morgan fingerprint density at radius 1 is 1.33 bits per heavy atom. The SMILES string of the molecule is Cc1cc(=O)[nH]nc1-c1ccccc1F. The van der Waals surface area contributed by atoms with E-state index in [1.807, 2.05) is 0 Å². The molecule has 0 spiro atoms. The van der Waals surface area contributed by atoms with E-state index in [4.69, 9.17) is 0 Å². The van der Waals surface area contributed by atoms with Gasteiger partial charge in [-0.2, -0.15) is 5.10 Å². The van der Waals surface area contributed by atoms with Crippen LogP contribution in [-0.4, -0.2) is 10.2 Å². The average Bonchev–Trinajstić information content (AvgIpc) is 2.20. The quantitative estimate of drug-likeness (QED) is 0.770. The lowest BCUT2D eigenvalue weighted by Gasteiger charge is -2.04. The zero-order chi connectivity index (χ0) is 10.8. The molecule has 1 heterocycles. The number of halogens is 1. The molecule has 0 bridgehead atoms. The third-order valence-corrected chi connectivity index (χ3v) is 2.13. The maximum absolute atomic E-state index is 13.4. The van der Waals surface area contributed by atoms with Crippen molar-refractivity contribution in [1.29, 1.82) is 0 Å². The van der Waals surface area contributed by atoms with E-state index in [9.17, 15) is 9.18 Å². The van der Waals surface area contributed by atoms with Crippen LogP contribution in [0.5, 0.6) is 0 Å². The Kier molecular flexibility index (Phi) is 2.33. The monoisotopic (exact) mass is 204 g/mol. The molecule has 0 amide bonds. The maximum atomic E-state index is 13.4. The Labute approximate surface area is 85.6 Å². The van der Waals surface area contributed by atoms with Gasteiger partial charge in [0.2, 0.25) is 0 Å². The second kappa shape index (κ2) is 3.65. The lowest BCUT2D eigenvalue weighted by atomic mass is 10.1. The highest BCUT2D eigenvalue weighted by molar-refractivity contribution is 5.62. The van der Waals surface area contributed by atoms with Crippen LogP contribution in [0.15, 0.2) is 35.1 Å². The minimum atomic E-state index is -0.347. The number of benzene rings is 1. The van der Waals surface area contributed by atoms with E-state index in [1.54, 1.807) is 25.1 Å². The number of H-pyrrole nitrogens is 1. The maximum Gasteiger partial charge on any atom is 0.264 e. The molecule has 1 aromatic carbocycles. The van der Waals surface area contributed by atoms with Crippen molar-refractivity contribution in [3.63, 3.8) is 0 Å². The second-order valence-corrected chi connectivity index (χ2v) is 3.24. The second-order valence-electron chi connectivity index (χ2n) is 3.24. The van der Waals surface area contributed by atoms with Crippen molar-refractivity contribution in [1.82, 2.24) is 10.2 Å². The molecular weight excluding hydrogens is 195 g/mol. The molecule has 15 heavy (non-hydrogen) atoms. The van der Waals surface area contributed by atoms with Crippen molar-refractivity contribution in [2.24, 2.45) is 0 Å². The topological polar surface area (TPSA) is 45.8 Å². The van der Waals surface area contributed by atoms with E-state index in [1.165, 1.54) is 12.1 Å². The third kappa shape index (κ3) is 1.79. The number of aromatic nitrogens is 2. The van der Waals surface area contributed by atoms with Crippen molar-refractivity contribution in [2.45, 2.75) is 6.92 Å². The summed E-state index contributed by atoms with van der Waals surface area (Å²) in [6.07, 6.45) is 0. The fourth-order valence-corrected chi connectivity index (χ4v) is 1.42. The van der Waals surface area contributed by atoms with Crippen LogP contribution in [-0.2, 0) is 0 Å². The molecule has 4 heteroatoms. The van der Waals surface area contributed by atoms with Crippen LogP contribution in [0.3, 0.4) is 0 Å². The Balaban J connectivity index is 2.65. The number of hydrogen-bond donors (Lipinski definition) is 1. The molecule has 1 aromatic heterocycles. The molecule has 0 unspecified atom stereocenters. The van der Waals surface area contributed by atoms with Crippen molar-refractivity contribution in [2.75, 3.05) is 0 Å².